The first kappa shape index (κ1) is 16.9. The van der Waals surface area contributed by atoms with Crippen molar-refractivity contribution in [3.63, 3.8) is 0 Å². The molecule has 0 unspecified atom stereocenters. The van der Waals surface area contributed by atoms with Crippen molar-refractivity contribution in [3.8, 4) is 11.3 Å². The van der Waals surface area contributed by atoms with Crippen molar-refractivity contribution in [1.82, 2.24) is 15.6 Å². The number of rotatable bonds is 5. The zero-order chi connectivity index (χ0) is 17.6. The Morgan fingerprint density at radius 2 is 2.00 bits per heavy atom. The van der Waals surface area contributed by atoms with Crippen molar-refractivity contribution in [2.75, 3.05) is 0 Å². The van der Waals surface area contributed by atoms with Crippen LogP contribution in [0.25, 0.3) is 11.3 Å². The summed E-state index contributed by atoms with van der Waals surface area (Å²) in [5.41, 5.74) is 6.34. The molecule has 0 fully saturated rings. The highest BCUT2D eigenvalue weighted by molar-refractivity contribution is 6.33. The number of nitrogens with zero attached hydrogens (tertiary/aromatic N) is 2. The molecule has 0 atom stereocenters. The normalized spacial score (nSPS) is 11.0. The molecule has 0 radical (unpaired) electrons. The first-order valence-electron chi connectivity index (χ1n) is 7.90. The van der Waals surface area contributed by atoms with E-state index in [1.165, 1.54) is 5.56 Å². The van der Waals surface area contributed by atoms with Crippen molar-refractivity contribution >= 4 is 23.7 Å². The number of H-pyrrole nitrogens is 1. The molecule has 0 spiro atoms. The fraction of sp³-hybridized carbons (Fsp3) is 0.105. The van der Waals surface area contributed by atoms with Crippen LogP contribution in [0.15, 0.2) is 59.7 Å². The Kier molecular flexibility index (Phi) is 5.26. The van der Waals surface area contributed by atoms with Gasteiger partial charge < -0.3 is 0 Å². The molecule has 2 aromatic carbocycles. The third kappa shape index (κ3) is 4.14. The van der Waals surface area contributed by atoms with E-state index < -0.39 is 0 Å². The number of amides is 1. The van der Waals surface area contributed by atoms with Crippen LogP contribution in [0.4, 0.5) is 0 Å². The van der Waals surface area contributed by atoms with E-state index in [4.69, 9.17) is 11.6 Å². The van der Waals surface area contributed by atoms with E-state index in [0.29, 0.717) is 16.4 Å². The Morgan fingerprint density at radius 1 is 1.24 bits per heavy atom. The van der Waals surface area contributed by atoms with Gasteiger partial charge in [-0.3, -0.25) is 9.89 Å². The maximum atomic E-state index is 12.1. The predicted molar refractivity (Wildman–Crippen MR) is 99.9 cm³/mol. The zero-order valence-electron chi connectivity index (χ0n) is 13.7. The number of hydrogen-bond acceptors (Lipinski definition) is 3. The fourth-order valence-electron chi connectivity index (χ4n) is 2.31. The van der Waals surface area contributed by atoms with Gasteiger partial charge in [0.15, 0.2) is 0 Å². The van der Waals surface area contributed by atoms with E-state index in [1.54, 1.807) is 18.3 Å². The van der Waals surface area contributed by atoms with Crippen molar-refractivity contribution in [1.29, 1.82) is 0 Å². The van der Waals surface area contributed by atoms with Gasteiger partial charge in [0.25, 0.3) is 5.91 Å². The number of aromatic nitrogens is 2. The minimum atomic E-state index is -0.368. The fourth-order valence-corrected chi connectivity index (χ4v) is 2.54. The van der Waals surface area contributed by atoms with Gasteiger partial charge in [0.1, 0.15) is 5.69 Å². The van der Waals surface area contributed by atoms with Gasteiger partial charge in [0, 0.05) is 5.56 Å². The van der Waals surface area contributed by atoms with Crippen molar-refractivity contribution in [3.05, 3.63) is 76.4 Å². The molecule has 1 heterocycles. The Bertz CT molecular complexity index is 900. The number of aryl methyl sites for hydroxylation is 1. The molecule has 25 heavy (non-hydrogen) atoms. The summed E-state index contributed by atoms with van der Waals surface area (Å²) in [6.45, 7) is 2.10. The molecule has 0 aliphatic rings. The zero-order valence-corrected chi connectivity index (χ0v) is 14.4. The van der Waals surface area contributed by atoms with Crippen LogP contribution in [0.5, 0.6) is 0 Å². The van der Waals surface area contributed by atoms with Gasteiger partial charge in [0.2, 0.25) is 0 Å². The second-order valence-electron chi connectivity index (χ2n) is 5.44. The summed E-state index contributed by atoms with van der Waals surface area (Å²) in [6.07, 6.45) is 2.59. The van der Waals surface area contributed by atoms with Gasteiger partial charge in [-0.2, -0.15) is 10.2 Å². The summed E-state index contributed by atoms with van der Waals surface area (Å²) in [7, 11) is 0. The van der Waals surface area contributed by atoms with Crippen molar-refractivity contribution in [2.24, 2.45) is 5.10 Å². The number of hydrazone groups is 1. The first-order chi connectivity index (χ1) is 12.2. The van der Waals surface area contributed by atoms with Gasteiger partial charge in [-0.1, -0.05) is 61.0 Å². The maximum Gasteiger partial charge on any atom is 0.289 e. The highest BCUT2D eigenvalue weighted by Gasteiger charge is 2.12. The van der Waals surface area contributed by atoms with E-state index >= 15 is 0 Å². The van der Waals surface area contributed by atoms with Crippen LogP contribution in [0.3, 0.4) is 0 Å². The third-order valence-electron chi connectivity index (χ3n) is 3.74. The second-order valence-corrected chi connectivity index (χ2v) is 5.85. The molecule has 126 valence electrons. The molecule has 0 bridgehead atoms. The molecule has 0 aliphatic heterocycles. The molecule has 2 N–H and O–H groups in total. The van der Waals surface area contributed by atoms with Crippen LogP contribution in [0.2, 0.25) is 5.02 Å². The maximum absolute atomic E-state index is 12.1. The van der Waals surface area contributed by atoms with Crippen molar-refractivity contribution < 1.29 is 4.79 Å². The van der Waals surface area contributed by atoms with Gasteiger partial charge in [-0.05, 0) is 29.7 Å². The average Bonchev–Trinajstić information content (AvgIpc) is 3.12. The topological polar surface area (TPSA) is 70.1 Å². The molecule has 0 aliphatic carbocycles. The molecular weight excluding hydrogens is 336 g/mol. The SMILES string of the molecule is CCc1ccc(C=NNC(=O)c2cc(-c3ccccc3Cl)n[nH]2)cc1. The summed E-state index contributed by atoms with van der Waals surface area (Å²) >= 11 is 6.14. The summed E-state index contributed by atoms with van der Waals surface area (Å²) in [5, 5.41) is 11.4. The summed E-state index contributed by atoms with van der Waals surface area (Å²) in [4.78, 5) is 12.1. The predicted octanol–water partition coefficient (Wildman–Crippen LogP) is 4.06. The Balaban J connectivity index is 1.65. The molecule has 6 heteroatoms. The third-order valence-corrected chi connectivity index (χ3v) is 4.07. The first-order valence-corrected chi connectivity index (χ1v) is 8.28. The van der Waals surface area contributed by atoms with Crippen LogP contribution >= 0.6 is 11.6 Å². The highest BCUT2D eigenvalue weighted by atomic mass is 35.5. The number of carbonyl (C=O) groups is 1. The van der Waals surface area contributed by atoms with E-state index in [2.05, 4.69) is 27.6 Å². The Morgan fingerprint density at radius 3 is 2.72 bits per heavy atom. The number of carbonyl (C=O) groups excluding carboxylic acids is 1. The Hall–Kier alpha value is -2.92. The van der Waals surface area contributed by atoms with Crippen LogP contribution in [0, 0.1) is 0 Å². The van der Waals surface area contributed by atoms with Crippen LogP contribution in [-0.2, 0) is 6.42 Å². The van der Waals surface area contributed by atoms with Gasteiger partial charge >= 0.3 is 0 Å². The van der Waals surface area contributed by atoms with Crippen LogP contribution < -0.4 is 5.43 Å². The van der Waals surface area contributed by atoms with Gasteiger partial charge in [-0.25, -0.2) is 5.43 Å². The van der Waals surface area contributed by atoms with Gasteiger partial charge in [0.05, 0.1) is 16.9 Å². The number of nitrogens with one attached hydrogen (secondary N) is 2. The molecule has 1 amide bonds. The van der Waals surface area contributed by atoms with Crippen molar-refractivity contribution in [2.45, 2.75) is 13.3 Å². The van der Waals surface area contributed by atoms with Crippen LogP contribution in [0.1, 0.15) is 28.5 Å². The molecule has 0 saturated carbocycles. The summed E-state index contributed by atoms with van der Waals surface area (Å²) < 4.78 is 0. The van der Waals surface area contributed by atoms with Crippen LogP contribution in [-0.4, -0.2) is 22.3 Å². The van der Waals surface area contributed by atoms with E-state index in [1.807, 2.05) is 42.5 Å². The van der Waals surface area contributed by atoms with E-state index in [-0.39, 0.29) is 5.91 Å². The molecule has 3 rings (SSSR count). The molecular formula is C19H17ClN4O. The largest absolute Gasteiger partial charge is 0.289 e. The minimum Gasteiger partial charge on any atom is -0.272 e. The quantitative estimate of drug-likeness (QED) is 0.537. The average molecular weight is 353 g/mol. The molecule has 3 aromatic rings. The smallest absolute Gasteiger partial charge is 0.272 e. The number of hydrogen-bond donors (Lipinski definition) is 2. The lowest BCUT2D eigenvalue weighted by Gasteiger charge is -1.98. The minimum absolute atomic E-state index is 0.313. The number of halogens is 1. The number of benzene rings is 2. The number of aromatic amines is 1. The lowest BCUT2D eigenvalue weighted by Crippen LogP contribution is -2.18. The summed E-state index contributed by atoms with van der Waals surface area (Å²) in [6, 6.07) is 17.0. The standard InChI is InChI=1S/C19H17ClN4O/c1-2-13-7-9-14(10-8-13)12-21-24-19(25)18-11-17(22-23-18)15-5-3-4-6-16(15)20/h3-12H,2H2,1H3,(H,22,23)(H,24,25). The lowest BCUT2D eigenvalue weighted by molar-refractivity contribution is 0.0950. The molecule has 5 nitrogen and oxygen atoms in total. The highest BCUT2D eigenvalue weighted by Crippen LogP contribution is 2.26. The molecule has 1 aromatic heterocycles. The van der Waals surface area contributed by atoms with E-state index in [9.17, 15) is 4.79 Å². The summed E-state index contributed by atoms with van der Waals surface area (Å²) in [5.74, 6) is -0.368. The second kappa shape index (κ2) is 7.77. The van der Waals surface area contributed by atoms with Gasteiger partial charge in [-0.15, -0.1) is 0 Å². The molecule has 0 saturated heterocycles. The monoisotopic (exact) mass is 352 g/mol. The lowest BCUT2D eigenvalue weighted by atomic mass is 10.1. The van der Waals surface area contributed by atoms with E-state index in [0.717, 1.165) is 17.5 Å². The Labute approximate surface area is 150 Å².